The minimum atomic E-state index is -1.55. The molecule has 0 bridgehead atoms. The number of pyridine rings is 1. The van der Waals surface area contributed by atoms with E-state index < -0.39 is 5.60 Å². The fourth-order valence-corrected chi connectivity index (χ4v) is 2.81. The summed E-state index contributed by atoms with van der Waals surface area (Å²) in [5.74, 6) is 7.10. The Hall–Kier alpha value is -3.83. The maximum Gasteiger partial charge on any atom is 0.260 e. The van der Waals surface area contributed by atoms with Crippen LogP contribution in [0.4, 0.5) is 5.82 Å². The largest absolute Gasteiger partial charge is 0.421 e. The highest BCUT2D eigenvalue weighted by Gasteiger charge is 2.27. The highest BCUT2D eigenvalue weighted by Crippen LogP contribution is 2.24. The van der Waals surface area contributed by atoms with Crippen LogP contribution in [-0.2, 0) is 5.60 Å². The Morgan fingerprint density at radius 2 is 1.90 bits per heavy atom. The van der Waals surface area contributed by atoms with Crippen LogP contribution in [0.5, 0.6) is 0 Å². The summed E-state index contributed by atoms with van der Waals surface area (Å²) in [7, 11) is 0. The summed E-state index contributed by atoms with van der Waals surface area (Å²) in [5.41, 5.74) is 7.98. The predicted molar refractivity (Wildman–Crippen MR) is 107 cm³/mol. The number of aryl methyl sites for hydroxylation is 2. The van der Waals surface area contributed by atoms with Crippen molar-refractivity contribution in [1.29, 1.82) is 0 Å². The molecular formula is C21H18N6O2. The third kappa shape index (κ3) is 3.77. The smallest absolute Gasteiger partial charge is 0.260 e. The minimum absolute atomic E-state index is 0.0561. The average Bonchev–Trinajstić information content (AvgIpc) is 3.14. The van der Waals surface area contributed by atoms with Gasteiger partial charge in [-0.05, 0) is 38.1 Å². The molecule has 0 aliphatic rings. The van der Waals surface area contributed by atoms with Crippen molar-refractivity contribution in [1.82, 2.24) is 25.1 Å². The van der Waals surface area contributed by atoms with Crippen LogP contribution in [0.3, 0.4) is 0 Å². The Morgan fingerprint density at radius 3 is 2.66 bits per heavy atom. The van der Waals surface area contributed by atoms with E-state index in [1.165, 1.54) is 6.92 Å². The molecule has 0 amide bonds. The molecule has 4 rings (SSSR count). The number of nitrogen functional groups attached to an aromatic ring is 1. The third-order valence-corrected chi connectivity index (χ3v) is 4.23. The van der Waals surface area contributed by atoms with Gasteiger partial charge in [-0.25, -0.2) is 15.0 Å². The van der Waals surface area contributed by atoms with E-state index in [9.17, 15) is 5.11 Å². The number of hydrogen-bond acceptors (Lipinski definition) is 8. The standard InChI is InChI=1S/C21H18N6O2/c1-12-23-17-8-7-16(25-18(17)19(22)24-12)15-6-4-5-14(11-15)9-10-21(3,28)20-27-26-13(2)29-20/h4-8,11,28H,1-3H3,(H2,22,23,24)/t21-/m1/s1. The number of anilines is 1. The topological polar surface area (TPSA) is 124 Å². The van der Waals surface area contributed by atoms with Crippen molar-refractivity contribution in [2.45, 2.75) is 26.4 Å². The Morgan fingerprint density at radius 1 is 1.07 bits per heavy atom. The molecule has 3 heterocycles. The molecular weight excluding hydrogens is 368 g/mol. The van der Waals surface area contributed by atoms with Gasteiger partial charge in [-0.1, -0.05) is 24.0 Å². The van der Waals surface area contributed by atoms with Gasteiger partial charge in [0.05, 0.1) is 11.2 Å². The van der Waals surface area contributed by atoms with E-state index in [1.54, 1.807) is 13.8 Å². The molecule has 0 spiro atoms. The van der Waals surface area contributed by atoms with Crippen LogP contribution in [0, 0.1) is 25.7 Å². The van der Waals surface area contributed by atoms with Crippen molar-refractivity contribution in [3.63, 3.8) is 0 Å². The number of aromatic nitrogens is 5. The predicted octanol–water partition coefficient (Wildman–Crippen LogP) is 2.53. The first-order valence-electron chi connectivity index (χ1n) is 8.89. The minimum Gasteiger partial charge on any atom is -0.421 e. The molecule has 8 heteroatoms. The van der Waals surface area contributed by atoms with Crippen LogP contribution in [0.2, 0.25) is 0 Å². The van der Waals surface area contributed by atoms with Gasteiger partial charge in [0, 0.05) is 18.1 Å². The summed E-state index contributed by atoms with van der Waals surface area (Å²) >= 11 is 0. The van der Waals surface area contributed by atoms with Crippen molar-refractivity contribution in [2.75, 3.05) is 5.73 Å². The van der Waals surface area contributed by atoms with Crippen molar-refractivity contribution < 1.29 is 9.52 Å². The van der Waals surface area contributed by atoms with Gasteiger partial charge in [-0.2, -0.15) is 0 Å². The number of fused-ring (bicyclic) bond motifs is 1. The average molecular weight is 386 g/mol. The molecule has 144 valence electrons. The molecule has 4 aromatic rings. The number of aliphatic hydroxyl groups is 1. The quantitative estimate of drug-likeness (QED) is 0.504. The summed E-state index contributed by atoms with van der Waals surface area (Å²) in [4.78, 5) is 13.1. The lowest BCUT2D eigenvalue weighted by Gasteiger charge is -2.10. The van der Waals surface area contributed by atoms with E-state index in [0.717, 1.165) is 11.3 Å². The Kier molecular flexibility index (Phi) is 4.45. The van der Waals surface area contributed by atoms with E-state index in [0.29, 0.717) is 34.1 Å². The van der Waals surface area contributed by atoms with E-state index in [1.807, 2.05) is 36.4 Å². The van der Waals surface area contributed by atoms with Gasteiger partial charge >= 0.3 is 0 Å². The van der Waals surface area contributed by atoms with Crippen molar-refractivity contribution in [3.8, 4) is 23.1 Å². The molecule has 0 saturated heterocycles. The van der Waals surface area contributed by atoms with Gasteiger partial charge in [0.25, 0.3) is 5.89 Å². The van der Waals surface area contributed by atoms with Crippen molar-refractivity contribution >= 4 is 16.9 Å². The fraction of sp³-hybridized carbons (Fsp3) is 0.190. The summed E-state index contributed by atoms with van der Waals surface area (Å²) in [5, 5.41) is 18.1. The second kappa shape index (κ2) is 6.96. The first kappa shape index (κ1) is 18.5. The number of benzene rings is 1. The van der Waals surface area contributed by atoms with Crippen LogP contribution in [0.25, 0.3) is 22.3 Å². The maximum absolute atomic E-state index is 10.5. The summed E-state index contributed by atoms with van der Waals surface area (Å²) in [6, 6.07) is 11.2. The Balaban J connectivity index is 1.69. The van der Waals surface area contributed by atoms with E-state index in [-0.39, 0.29) is 5.89 Å². The van der Waals surface area contributed by atoms with Gasteiger partial charge in [-0.3, -0.25) is 0 Å². The highest BCUT2D eigenvalue weighted by molar-refractivity contribution is 5.86. The fourth-order valence-electron chi connectivity index (χ4n) is 2.81. The monoisotopic (exact) mass is 386 g/mol. The van der Waals surface area contributed by atoms with Crippen molar-refractivity contribution in [3.05, 3.63) is 59.6 Å². The Labute approximate surface area is 166 Å². The second-order valence-electron chi connectivity index (χ2n) is 6.75. The van der Waals surface area contributed by atoms with Gasteiger partial charge in [0.1, 0.15) is 11.3 Å². The first-order chi connectivity index (χ1) is 13.8. The summed E-state index contributed by atoms with van der Waals surface area (Å²) < 4.78 is 5.28. The molecule has 0 unspecified atom stereocenters. The third-order valence-electron chi connectivity index (χ3n) is 4.23. The van der Waals surface area contributed by atoms with Crippen molar-refractivity contribution in [2.24, 2.45) is 0 Å². The lowest BCUT2D eigenvalue weighted by Crippen LogP contribution is -2.19. The summed E-state index contributed by atoms with van der Waals surface area (Å²) in [6.45, 7) is 4.95. The normalized spacial score (nSPS) is 13.0. The van der Waals surface area contributed by atoms with Gasteiger partial charge in [0.2, 0.25) is 11.5 Å². The van der Waals surface area contributed by atoms with Gasteiger partial charge in [0.15, 0.2) is 5.82 Å². The number of rotatable bonds is 2. The Bertz CT molecular complexity index is 1280. The zero-order chi connectivity index (χ0) is 20.6. The van der Waals surface area contributed by atoms with Crippen LogP contribution < -0.4 is 5.73 Å². The maximum atomic E-state index is 10.5. The van der Waals surface area contributed by atoms with Crippen LogP contribution in [0.15, 0.2) is 40.8 Å². The van der Waals surface area contributed by atoms with Crippen LogP contribution >= 0.6 is 0 Å². The molecule has 0 aliphatic carbocycles. The van der Waals surface area contributed by atoms with Gasteiger partial charge in [-0.15, -0.1) is 10.2 Å². The molecule has 1 aromatic carbocycles. The highest BCUT2D eigenvalue weighted by atomic mass is 16.4. The SMILES string of the molecule is Cc1nc(N)c2nc(-c3cccc(C#C[C@@](C)(O)c4nnc(C)o4)c3)ccc2n1. The lowest BCUT2D eigenvalue weighted by atomic mass is 10.0. The van der Waals surface area contributed by atoms with Gasteiger partial charge < -0.3 is 15.3 Å². The number of nitrogens with zero attached hydrogens (tertiary/aromatic N) is 5. The van der Waals surface area contributed by atoms with E-state index in [2.05, 4.69) is 37.0 Å². The second-order valence-corrected chi connectivity index (χ2v) is 6.75. The van der Waals surface area contributed by atoms with E-state index >= 15 is 0 Å². The molecule has 29 heavy (non-hydrogen) atoms. The summed E-state index contributed by atoms with van der Waals surface area (Å²) in [6.07, 6.45) is 0. The lowest BCUT2D eigenvalue weighted by molar-refractivity contribution is 0.0881. The first-order valence-corrected chi connectivity index (χ1v) is 8.89. The molecule has 3 aromatic heterocycles. The molecule has 0 radical (unpaired) electrons. The zero-order valence-corrected chi connectivity index (χ0v) is 16.1. The molecule has 0 saturated carbocycles. The number of hydrogen-bond donors (Lipinski definition) is 2. The molecule has 8 nitrogen and oxygen atoms in total. The zero-order valence-electron chi connectivity index (χ0n) is 16.1. The molecule has 3 N–H and O–H groups in total. The molecule has 1 atom stereocenters. The number of nitrogens with two attached hydrogens (primary N) is 1. The van der Waals surface area contributed by atoms with Crippen LogP contribution in [-0.4, -0.2) is 30.3 Å². The molecule has 0 fully saturated rings. The van der Waals surface area contributed by atoms with E-state index in [4.69, 9.17) is 10.2 Å². The van der Waals surface area contributed by atoms with Crippen LogP contribution in [0.1, 0.15) is 30.1 Å². The molecule has 0 aliphatic heterocycles.